The average molecular weight is 337 g/mol. The van der Waals surface area contributed by atoms with Crippen LogP contribution in [-0.2, 0) is 0 Å². The lowest BCUT2D eigenvalue weighted by atomic mass is 10.2. The minimum Gasteiger partial charge on any atom is -0.367 e. The van der Waals surface area contributed by atoms with Crippen LogP contribution >= 0.6 is 23.2 Å². The van der Waals surface area contributed by atoms with Crippen LogP contribution in [0.5, 0.6) is 0 Å². The summed E-state index contributed by atoms with van der Waals surface area (Å²) in [5.41, 5.74) is 1.68. The standard InChI is InChI=1S/C15H14Cl2N4O/c1-8-7-11(16)20-13(17)12(8)21-15(22)10-3-2-6-18-14(10)19-9-4-5-9/h2-3,6-7,9H,4-5H2,1H3,(H,18,19)(H,21,22). The van der Waals surface area contributed by atoms with E-state index in [2.05, 4.69) is 20.6 Å². The molecule has 114 valence electrons. The van der Waals surface area contributed by atoms with Gasteiger partial charge in [-0.3, -0.25) is 4.79 Å². The Morgan fingerprint density at radius 3 is 2.82 bits per heavy atom. The molecule has 0 aromatic carbocycles. The molecule has 7 heteroatoms. The number of anilines is 2. The number of nitrogens with one attached hydrogen (secondary N) is 2. The molecule has 2 N–H and O–H groups in total. The topological polar surface area (TPSA) is 66.9 Å². The fraction of sp³-hybridized carbons (Fsp3) is 0.267. The van der Waals surface area contributed by atoms with E-state index in [0.717, 1.165) is 18.4 Å². The maximum absolute atomic E-state index is 12.5. The van der Waals surface area contributed by atoms with Gasteiger partial charge in [-0.05, 0) is 43.5 Å². The molecule has 2 heterocycles. The van der Waals surface area contributed by atoms with Crippen LogP contribution in [0, 0.1) is 6.92 Å². The number of pyridine rings is 2. The summed E-state index contributed by atoms with van der Waals surface area (Å²) in [6.07, 6.45) is 3.86. The van der Waals surface area contributed by atoms with Gasteiger partial charge in [-0.15, -0.1) is 0 Å². The van der Waals surface area contributed by atoms with Crippen molar-refractivity contribution in [2.75, 3.05) is 10.6 Å². The summed E-state index contributed by atoms with van der Waals surface area (Å²) >= 11 is 11.9. The molecule has 1 aliphatic carbocycles. The van der Waals surface area contributed by atoms with E-state index in [1.165, 1.54) is 0 Å². The molecule has 1 saturated carbocycles. The van der Waals surface area contributed by atoms with Crippen LogP contribution < -0.4 is 10.6 Å². The number of carbonyl (C=O) groups excluding carboxylic acids is 1. The van der Waals surface area contributed by atoms with Gasteiger partial charge in [-0.2, -0.15) is 0 Å². The molecule has 0 spiro atoms. The maximum atomic E-state index is 12.5. The summed E-state index contributed by atoms with van der Waals surface area (Å²) in [5, 5.41) is 6.49. The molecule has 5 nitrogen and oxygen atoms in total. The predicted molar refractivity (Wildman–Crippen MR) is 87.8 cm³/mol. The van der Waals surface area contributed by atoms with E-state index >= 15 is 0 Å². The van der Waals surface area contributed by atoms with Crippen molar-refractivity contribution in [3.63, 3.8) is 0 Å². The third-order valence-electron chi connectivity index (χ3n) is 3.35. The van der Waals surface area contributed by atoms with Crippen molar-refractivity contribution in [3.05, 3.63) is 45.8 Å². The summed E-state index contributed by atoms with van der Waals surface area (Å²) in [7, 11) is 0. The fourth-order valence-corrected chi connectivity index (χ4v) is 2.63. The normalized spacial score (nSPS) is 13.8. The summed E-state index contributed by atoms with van der Waals surface area (Å²) in [4.78, 5) is 20.7. The van der Waals surface area contributed by atoms with Crippen molar-refractivity contribution in [2.24, 2.45) is 0 Å². The molecule has 2 aromatic heterocycles. The molecule has 0 aliphatic heterocycles. The molecule has 0 bridgehead atoms. The van der Waals surface area contributed by atoms with Crippen molar-refractivity contribution < 1.29 is 4.79 Å². The van der Waals surface area contributed by atoms with Crippen LogP contribution in [0.15, 0.2) is 24.4 Å². The SMILES string of the molecule is Cc1cc(Cl)nc(Cl)c1NC(=O)c1cccnc1NC1CC1. The van der Waals surface area contributed by atoms with E-state index in [4.69, 9.17) is 23.2 Å². The molecular formula is C15H14Cl2N4O. The van der Waals surface area contributed by atoms with Gasteiger partial charge in [-0.1, -0.05) is 23.2 Å². The van der Waals surface area contributed by atoms with E-state index in [9.17, 15) is 4.79 Å². The zero-order valence-corrected chi connectivity index (χ0v) is 13.4. The second-order valence-corrected chi connectivity index (χ2v) is 5.95. The number of halogens is 2. The first kappa shape index (κ1) is 15.1. The van der Waals surface area contributed by atoms with Crippen molar-refractivity contribution in [1.82, 2.24) is 9.97 Å². The van der Waals surface area contributed by atoms with Gasteiger partial charge < -0.3 is 10.6 Å². The lowest BCUT2D eigenvalue weighted by Crippen LogP contribution is -2.17. The first-order chi connectivity index (χ1) is 10.5. The average Bonchev–Trinajstić information content (AvgIpc) is 3.27. The summed E-state index contributed by atoms with van der Waals surface area (Å²) in [6.45, 7) is 1.81. The minimum absolute atomic E-state index is 0.166. The summed E-state index contributed by atoms with van der Waals surface area (Å²) in [5.74, 6) is 0.295. The van der Waals surface area contributed by atoms with Crippen molar-refractivity contribution in [1.29, 1.82) is 0 Å². The van der Waals surface area contributed by atoms with Gasteiger partial charge in [0.05, 0.1) is 11.3 Å². The number of hydrogen-bond acceptors (Lipinski definition) is 4. The van der Waals surface area contributed by atoms with Gasteiger partial charge in [0.25, 0.3) is 5.91 Å². The number of rotatable bonds is 4. The molecule has 1 fully saturated rings. The van der Waals surface area contributed by atoms with Crippen LogP contribution in [0.4, 0.5) is 11.5 Å². The van der Waals surface area contributed by atoms with Crippen molar-refractivity contribution in [2.45, 2.75) is 25.8 Å². The Labute approximate surface area is 138 Å². The number of carbonyl (C=O) groups is 1. The number of aryl methyl sites for hydroxylation is 1. The number of nitrogens with zero attached hydrogens (tertiary/aromatic N) is 2. The monoisotopic (exact) mass is 336 g/mol. The molecule has 2 aromatic rings. The number of amides is 1. The van der Waals surface area contributed by atoms with E-state index in [-0.39, 0.29) is 16.2 Å². The van der Waals surface area contributed by atoms with Gasteiger partial charge in [0.1, 0.15) is 11.0 Å². The molecule has 1 aliphatic rings. The number of aromatic nitrogens is 2. The molecule has 0 radical (unpaired) electrons. The molecular weight excluding hydrogens is 323 g/mol. The second-order valence-electron chi connectivity index (χ2n) is 5.20. The fourth-order valence-electron chi connectivity index (χ4n) is 2.05. The zero-order chi connectivity index (χ0) is 15.7. The molecule has 0 atom stereocenters. The Hall–Kier alpha value is -1.85. The molecule has 22 heavy (non-hydrogen) atoms. The highest BCUT2D eigenvalue weighted by Gasteiger charge is 2.24. The zero-order valence-electron chi connectivity index (χ0n) is 11.9. The van der Waals surface area contributed by atoms with Crippen LogP contribution in [0.2, 0.25) is 10.3 Å². The third kappa shape index (κ3) is 3.31. The molecule has 0 unspecified atom stereocenters. The van der Waals surface area contributed by atoms with E-state index in [1.807, 2.05) is 6.92 Å². The summed E-state index contributed by atoms with van der Waals surface area (Å²) in [6, 6.07) is 5.50. The van der Waals surface area contributed by atoms with Crippen LogP contribution in [0.25, 0.3) is 0 Å². The van der Waals surface area contributed by atoms with Gasteiger partial charge >= 0.3 is 0 Å². The minimum atomic E-state index is -0.287. The van der Waals surface area contributed by atoms with E-state index in [1.54, 1.807) is 24.4 Å². The Balaban J connectivity index is 1.86. The van der Waals surface area contributed by atoms with Gasteiger partial charge in [0.15, 0.2) is 5.15 Å². The Morgan fingerprint density at radius 2 is 2.14 bits per heavy atom. The van der Waals surface area contributed by atoms with Crippen LogP contribution in [0.3, 0.4) is 0 Å². The van der Waals surface area contributed by atoms with Crippen molar-refractivity contribution in [3.8, 4) is 0 Å². The Morgan fingerprint density at radius 1 is 1.36 bits per heavy atom. The third-order valence-corrected chi connectivity index (χ3v) is 3.82. The van der Waals surface area contributed by atoms with Gasteiger partial charge in [0, 0.05) is 12.2 Å². The first-order valence-corrected chi connectivity index (χ1v) is 7.65. The predicted octanol–water partition coefficient (Wildman–Crippen LogP) is 3.92. The first-order valence-electron chi connectivity index (χ1n) is 6.90. The van der Waals surface area contributed by atoms with E-state index < -0.39 is 0 Å². The Bertz CT molecular complexity index is 708. The Kier molecular flexibility index (Phi) is 4.18. The van der Waals surface area contributed by atoms with Crippen LogP contribution in [0.1, 0.15) is 28.8 Å². The second kappa shape index (κ2) is 6.10. The smallest absolute Gasteiger partial charge is 0.259 e. The maximum Gasteiger partial charge on any atom is 0.259 e. The lowest BCUT2D eigenvalue weighted by molar-refractivity contribution is 0.102. The quantitative estimate of drug-likeness (QED) is 0.830. The highest BCUT2D eigenvalue weighted by atomic mass is 35.5. The molecule has 1 amide bonds. The lowest BCUT2D eigenvalue weighted by Gasteiger charge is -2.13. The van der Waals surface area contributed by atoms with Gasteiger partial charge in [0.2, 0.25) is 0 Å². The van der Waals surface area contributed by atoms with Gasteiger partial charge in [-0.25, -0.2) is 9.97 Å². The summed E-state index contributed by atoms with van der Waals surface area (Å²) < 4.78 is 0. The molecule has 0 saturated heterocycles. The van der Waals surface area contributed by atoms with Crippen LogP contribution in [-0.4, -0.2) is 21.9 Å². The number of hydrogen-bond donors (Lipinski definition) is 2. The largest absolute Gasteiger partial charge is 0.367 e. The van der Waals surface area contributed by atoms with E-state index in [0.29, 0.717) is 23.1 Å². The molecule has 3 rings (SSSR count). The highest BCUT2D eigenvalue weighted by molar-refractivity contribution is 6.35. The van der Waals surface area contributed by atoms with Crippen molar-refractivity contribution >= 4 is 40.6 Å². The highest BCUT2D eigenvalue weighted by Crippen LogP contribution is 2.29.